The topological polar surface area (TPSA) is 33.6 Å². The number of rotatable bonds is 4. The molecule has 0 bridgehead atoms. The lowest BCUT2D eigenvalue weighted by atomic mass is 10.1. The van der Waals surface area contributed by atoms with E-state index in [9.17, 15) is 0 Å². The Labute approximate surface area is 107 Å². The lowest BCUT2D eigenvalue weighted by molar-refractivity contribution is 0.0848. The molecule has 2 rings (SSSR count). The zero-order valence-electron chi connectivity index (χ0n) is 10.2. The summed E-state index contributed by atoms with van der Waals surface area (Å²) in [6, 6.07) is 6.11. The molecule has 1 aliphatic heterocycles. The summed E-state index contributed by atoms with van der Waals surface area (Å²) < 4.78 is 0. The molecule has 0 spiro atoms. The number of oxime groups is 1. The first-order valence-electron chi connectivity index (χ1n) is 5.80. The summed E-state index contributed by atoms with van der Waals surface area (Å²) in [5.74, 6) is 0. The largest absolute Gasteiger partial charge is 0.391 e. The highest BCUT2D eigenvalue weighted by molar-refractivity contribution is 6.31. The van der Waals surface area contributed by atoms with Crippen molar-refractivity contribution in [1.29, 1.82) is 0 Å². The minimum Gasteiger partial charge on any atom is -0.391 e. The molecule has 1 heterocycles. The lowest BCUT2D eigenvalue weighted by Crippen LogP contribution is -2.26. The van der Waals surface area contributed by atoms with E-state index in [2.05, 4.69) is 22.6 Å². The normalized spacial score (nSPS) is 19.0. The van der Waals surface area contributed by atoms with E-state index in [1.807, 2.05) is 19.9 Å². The summed E-state index contributed by atoms with van der Waals surface area (Å²) in [6.45, 7) is 5.58. The van der Waals surface area contributed by atoms with Crippen molar-refractivity contribution in [2.45, 2.75) is 32.9 Å². The first kappa shape index (κ1) is 12.4. The van der Waals surface area contributed by atoms with Crippen LogP contribution in [0.15, 0.2) is 23.4 Å². The summed E-state index contributed by atoms with van der Waals surface area (Å²) >= 11 is 6.15. The first-order chi connectivity index (χ1) is 8.15. The fourth-order valence-electron chi connectivity index (χ4n) is 1.84. The highest BCUT2D eigenvalue weighted by Crippen LogP contribution is 2.17. The Morgan fingerprint density at radius 3 is 2.94 bits per heavy atom. The van der Waals surface area contributed by atoms with Crippen LogP contribution in [0.4, 0.5) is 0 Å². The Morgan fingerprint density at radius 1 is 1.47 bits per heavy atom. The van der Waals surface area contributed by atoms with E-state index < -0.39 is 0 Å². The molecule has 0 fully saturated rings. The second-order valence-corrected chi connectivity index (χ2v) is 4.89. The van der Waals surface area contributed by atoms with E-state index in [1.54, 1.807) is 0 Å². The predicted molar refractivity (Wildman–Crippen MR) is 70.5 cm³/mol. The van der Waals surface area contributed by atoms with Crippen LogP contribution in [0.5, 0.6) is 0 Å². The molecule has 0 saturated carbocycles. The Hall–Kier alpha value is -1.06. The molecule has 0 saturated heterocycles. The van der Waals surface area contributed by atoms with Gasteiger partial charge in [0.05, 0.1) is 5.71 Å². The van der Waals surface area contributed by atoms with Crippen molar-refractivity contribution < 1.29 is 4.84 Å². The third-order valence-electron chi connectivity index (χ3n) is 2.78. The van der Waals surface area contributed by atoms with Crippen LogP contribution in [0.25, 0.3) is 0 Å². The SMILES string of the molecule is CC1=NOC(CNCc2ccc(C)cc2Cl)C1. The van der Waals surface area contributed by atoms with E-state index in [1.165, 1.54) is 5.56 Å². The summed E-state index contributed by atoms with van der Waals surface area (Å²) in [6.07, 6.45) is 1.08. The van der Waals surface area contributed by atoms with Crippen molar-refractivity contribution >= 4 is 17.3 Å². The van der Waals surface area contributed by atoms with Gasteiger partial charge in [-0.05, 0) is 31.0 Å². The van der Waals surface area contributed by atoms with Crippen molar-refractivity contribution in [3.05, 3.63) is 34.3 Å². The smallest absolute Gasteiger partial charge is 0.145 e. The summed E-state index contributed by atoms with van der Waals surface area (Å²) in [7, 11) is 0. The Kier molecular flexibility index (Phi) is 4.02. The van der Waals surface area contributed by atoms with Crippen molar-refractivity contribution in [3.63, 3.8) is 0 Å². The van der Waals surface area contributed by atoms with Crippen molar-refractivity contribution in [1.82, 2.24) is 5.32 Å². The third-order valence-corrected chi connectivity index (χ3v) is 3.13. The van der Waals surface area contributed by atoms with Crippen LogP contribution in [0.1, 0.15) is 24.5 Å². The van der Waals surface area contributed by atoms with Gasteiger partial charge in [0.25, 0.3) is 0 Å². The van der Waals surface area contributed by atoms with Gasteiger partial charge in [-0.25, -0.2) is 0 Å². The molecule has 0 radical (unpaired) electrons. The zero-order chi connectivity index (χ0) is 12.3. The number of aryl methyl sites for hydroxylation is 1. The maximum absolute atomic E-state index is 6.15. The van der Waals surface area contributed by atoms with Gasteiger partial charge in [-0.3, -0.25) is 0 Å². The molecule has 0 aromatic heterocycles. The Morgan fingerprint density at radius 2 is 2.29 bits per heavy atom. The fourth-order valence-corrected chi connectivity index (χ4v) is 2.14. The fraction of sp³-hybridized carbons (Fsp3) is 0.462. The molecule has 1 N–H and O–H groups in total. The molecule has 92 valence electrons. The van der Waals surface area contributed by atoms with Gasteiger partial charge in [0.15, 0.2) is 0 Å². The van der Waals surface area contributed by atoms with Crippen LogP contribution < -0.4 is 5.32 Å². The average Bonchev–Trinajstić information content (AvgIpc) is 2.68. The number of hydrogen-bond acceptors (Lipinski definition) is 3. The Balaban J connectivity index is 1.78. The molecule has 1 aliphatic rings. The molecule has 1 atom stereocenters. The van der Waals surface area contributed by atoms with E-state index in [-0.39, 0.29) is 6.10 Å². The first-order valence-corrected chi connectivity index (χ1v) is 6.18. The zero-order valence-corrected chi connectivity index (χ0v) is 10.9. The van der Waals surface area contributed by atoms with Crippen molar-refractivity contribution in [2.75, 3.05) is 6.54 Å². The summed E-state index contributed by atoms with van der Waals surface area (Å²) in [5, 5.41) is 8.08. The van der Waals surface area contributed by atoms with Gasteiger partial charge in [-0.15, -0.1) is 0 Å². The molecular formula is C13H17ClN2O. The second kappa shape index (κ2) is 5.52. The van der Waals surface area contributed by atoms with Crippen LogP contribution in [0.2, 0.25) is 5.02 Å². The second-order valence-electron chi connectivity index (χ2n) is 4.48. The molecule has 1 unspecified atom stereocenters. The molecule has 4 heteroatoms. The minimum absolute atomic E-state index is 0.166. The number of hydrogen-bond donors (Lipinski definition) is 1. The van der Waals surface area contributed by atoms with Gasteiger partial charge in [0.2, 0.25) is 0 Å². The highest BCUT2D eigenvalue weighted by Gasteiger charge is 2.17. The molecular weight excluding hydrogens is 236 g/mol. The number of benzene rings is 1. The van der Waals surface area contributed by atoms with E-state index in [0.717, 1.165) is 35.8 Å². The maximum atomic E-state index is 6.15. The summed E-state index contributed by atoms with van der Waals surface area (Å²) in [5.41, 5.74) is 3.36. The quantitative estimate of drug-likeness (QED) is 0.894. The third kappa shape index (κ3) is 3.45. The summed E-state index contributed by atoms with van der Waals surface area (Å²) in [4.78, 5) is 5.24. The molecule has 1 aromatic rings. The van der Waals surface area contributed by atoms with Crippen LogP contribution >= 0.6 is 11.6 Å². The van der Waals surface area contributed by atoms with Gasteiger partial charge in [-0.1, -0.05) is 28.9 Å². The van der Waals surface area contributed by atoms with Gasteiger partial charge in [-0.2, -0.15) is 0 Å². The number of nitrogens with one attached hydrogen (secondary N) is 1. The van der Waals surface area contributed by atoms with Gasteiger partial charge in [0.1, 0.15) is 6.10 Å². The van der Waals surface area contributed by atoms with Crippen molar-refractivity contribution in [2.24, 2.45) is 5.16 Å². The highest BCUT2D eigenvalue weighted by atomic mass is 35.5. The number of nitrogens with zero attached hydrogens (tertiary/aromatic N) is 1. The van der Waals surface area contributed by atoms with Crippen LogP contribution in [0, 0.1) is 6.92 Å². The van der Waals surface area contributed by atoms with E-state index in [0.29, 0.717) is 0 Å². The molecule has 0 amide bonds. The average molecular weight is 253 g/mol. The predicted octanol–water partition coefficient (Wildman–Crippen LogP) is 2.90. The van der Waals surface area contributed by atoms with E-state index >= 15 is 0 Å². The minimum atomic E-state index is 0.166. The Bertz CT molecular complexity index is 431. The molecule has 0 aliphatic carbocycles. The standard InChI is InChI=1S/C13H17ClN2O/c1-9-3-4-11(13(14)5-9)7-15-8-12-6-10(2)16-17-12/h3-5,12,15H,6-8H2,1-2H3. The van der Waals surface area contributed by atoms with E-state index in [4.69, 9.17) is 16.4 Å². The van der Waals surface area contributed by atoms with Gasteiger partial charge < -0.3 is 10.2 Å². The van der Waals surface area contributed by atoms with Crippen LogP contribution in [0.3, 0.4) is 0 Å². The molecule has 1 aromatic carbocycles. The number of halogens is 1. The maximum Gasteiger partial charge on any atom is 0.145 e. The van der Waals surface area contributed by atoms with Crippen LogP contribution in [-0.4, -0.2) is 18.4 Å². The van der Waals surface area contributed by atoms with Crippen LogP contribution in [-0.2, 0) is 11.4 Å². The molecule has 3 nitrogen and oxygen atoms in total. The lowest BCUT2D eigenvalue weighted by Gasteiger charge is -2.10. The van der Waals surface area contributed by atoms with Gasteiger partial charge >= 0.3 is 0 Å². The monoisotopic (exact) mass is 252 g/mol. The van der Waals surface area contributed by atoms with Gasteiger partial charge in [0, 0.05) is 24.5 Å². The van der Waals surface area contributed by atoms with Crippen molar-refractivity contribution in [3.8, 4) is 0 Å². The molecule has 17 heavy (non-hydrogen) atoms.